The number of carbonyl (C=O) groups excluding carboxylic acids is 3. The summed E-state index contributed by atoms with van der Waals surface area (Å²) in [5.74, 6) is -0.618. The molecule has 0 unspecified atom stereocenters. The molecule has 1 heterocycles. The number of ether oxygens (including phenoxy) is 3. The maximum absolute atomic E-state index is 13.1. The average Bonchev–Trinajstić information content (AvgIpc) is 2.79. The number of methoxy groups -OCH3 is 1. The van der Waals surface area contributed by atoms with Crippen LogP contribution in [0.5, 0.6) is 5.75 Å². The fraction of sp³-hybridized carbons (Fsp3) is 0.556. The van der Waals surface area contributed by atoms with Gasteiger partial charge in [-0.2, -0.15) is 0 Å². The average molecular weight is 502 g/mol. The molecule has 0 bridgehead atoms. The molecule has 1 fully saturated rings. The van der Waals surface area contributed by atoms with Gasteiger partial charge < -0.3 is 23.9 Å². The van der Waals surface area contributed by atoms with Crippen LogP contribution < -0.4 is 15.7 Å². The van der Waals surface area contributed by atoms with E-state index in [9.17, 15) is 19.2 Å². The first-order chi connectivity index (χ1) is 16.9. The van der Waals surface area contributed by atoms with Crippen molar-refractivity contribution in [1.29, 1.82) is 0 Å². The fourth-order valence-electron chi connectivity index (χ4n) is 4.47. The van der Waals surface area contributed by atoms with E-state index < -0.39 is 23.3 Å². The van der Waals surface area contributed by atoms with Crippen LogP contribution in [0.1, 0.15) is 63.1 Å². The number of hydrogen-bond acceptors (Lipinski definition) is 8. The van der Waals surface area contributed by atoms with E-state index in [1.165, 1.54) is 7.11 Å². The van der Waals surface area contributed by atoms with Crippen molar-refractivity contribution in [1.82, 2.24) is 5.32 Å². The van der Waals surface area contributed by atoms with Crippen LogP contribution in [0.15, 0.2) is 21.3 Å². The van der Waals surface area contributed by atoms with Crippen molar-refractivity contribution in [2.24, 2.45) is 11.8 Å². The number of esters is 2. The van der Waals surface area contributed by atoms with Crippen LogP contribution in [0, 0.1) is 25.7 Å². The smallest absolute Gasteiger partial charge is 0.407 e. The number of nitrogens with one attached hydrogen (secondary N) is 1. The van der Waals surface area contributed by atoms with Gasteiger partial charge in [-0.15, -0.1) is 0 Å². The summed E-state index contributed by atoms with van der Waals surface area (Å²) in [4.78, 5) is 49.2. The van der Waals surface area contributed by atoms with Crippen molar-refractivity contribution in [3.05, 3.63) is 39.2 Å². The zero-order valence-corrected chi connectivity index (χ0v) is 21.8. The number of carbonyl (C=O) groups is 3. The molecule has 0 saturated heterocycles. The standard InChI is InChI=1S/C27H35NO8/c1-15-11-20(23-16(2)19(13-22(29)33-6)25(31)35-21(23)12-15)34-24(30)18-9-7-17(8-10-18)14-28-26(32)36-27(3,4)5/h11-12,17-18H,7-10,13-14H2,1-6H3,(H,28,32). The Balaban J connectivity index is 1.70. The Morgan fingerprint density at radius 1 is 1.08 bits per heavy atom. The van der Waals surface area contributed by atoms with E-state index in [1.807, 2.05) is 27.7 Å². The molecule has 9 heteroatoms. The summed E-state index contributed by atoms with van der Waals surface area (Å²) in [6, 6.07) is 3.43. The van der Waals surface area contributed by atoms with E-state index in [4.69, 9.17) is 18.6 Å². The summed E-state index contributed by atoms with van der Waals surface area (Å²) in [7, 11) is 1.25. The topological polar surface area (TPSA) is 121 Å². The third kappa shape index (κ3) is 6.86. The van der Waals surface area contributed by atoms with Gasteiger partial charge in [0.1, 0.15) is 16.9 Å². The van der Waals surface area contributed by atoms with Crippen LogP contribution in [-0.4, -0.2) is 37.3 Å². The molecule has 1 aliphatic carbocycles. The van der Waals surface area contributed by atoms with Gasteiger partial charge in [0.2, 0.25) is 0 Å². The summed E-state index contributed by atoms with van der Waals surface area (Å²) in [6.07, 6.45) is 2.17. The Labute approximate surface area is 210 Å². The van der Waals surface area contributed by atoms with Gasteiger partial charge in [-0.25, -0.2) is 9.59 Å². The minimum atomic E-state index is -0.619. The minimum Gasteiger partial charge on any atom is -0.469 e. The molecule has 1 amide bonds. The monoisotopic (exact) mass is 501 g/mol. The number of hydrogen-bond donors (Lipinski definition) is 1. The Hall–Kier alpha value is -3.36. The van der Waals surface area contributed by atoms with E-state index in [0.29, 0.717) is 41.7 Å². The molecule has 3 rings (SSSR count). The number of alkyl carbamates (subject to hydrolysis) is 1. The molecular weight excluding hydrogens is 466 g/mol. The quantitative estimate of drug-likeness (QED) is 0.352. The molecule has 0 radical (unpaired) electrons. The zero-order chi connectivity index (χ0) is 26.6. The second-order valence-corrected chi connectivity index (χ2v) is 10.4. The molecule has 196 valence electrons. The molecule has 0 atom stereocenters. The van der Waals surface area contributed by atoms with Gasteiger partial charge in [-0.05, 0) is 89.5 Å². The minimum absolute atomic E-state index is 0.175. The van der Waals surface area contributed by atoms with Crippen molar-refractivity contribution in [2.75, 3.05) is 13.7 Å². The second kappa shape index (κ2) is 11.1. The first-order valence-electron chi connectivity index (χ1n) is 12.2. The SMILES string of the molecule is COC(=O)Cc1c(C)c2c(OC(=O)C3CCC(CNC(=O)OC(C)(C)C)CC3)cc(C)cc2oc1=O. The van der Waals surface area contributed by atoms with E-state index in [0.717, 1.165) is 18.4 Å². The van der Waals surface area contributed by atoms with Crippen molar-refractivity contribution in [3.8, 4) is 5.75 Å². The van der Waals surface area contributed by atoms with Crippen molar-refractivity contribution >= 4 is 29.0 Å². The highest BCUT2D eigenvalue weighted by molar-refractivity contribution is 5.91. The van der Waals surface area contributed by atoms with Crippen molar-refractivity contribution in [3.63, 3.8) is 0 Å². The van der Waals surface area contributed by atoms with Gasteiger partial charge in [0, 0.05) is 6.54 Å². The number of aryl methyl sites for hydroxylation is 2. The van der Waals surface area contributed by atoms with Crippen LogP contribution in [0.4, 0.5) is 4.79 Å². The molecule has 1 aromatic carbocycles. The summed E-state index contributed by atoms with van der Waals surface area (Å²) < 4.78 is 21.3. The third-order valence-electron chi connectivity index (χ3n) is 6.36. The fourth-order valence-corrected chi connectivity index (χ4v) is 4.47. The number of fused-ring (bicyclic) bond motifs is 1. The zero-order valence-electron chi connectivity index (χ0n) is 21.8. The van der Waals surface area contributed by atoms with Gasteiger partial charge in [0.05, 0.1) is 30.4 Å². The van der Waals surface area contributed by atoms with Gasteiger partial charge in [-0.3, -0.25) is 9.59 Å². The molecule has 0 spiro atoms. The normalized spacial score (nSPS) is 17.9. The number of amides is 1. The summed E-state index contributed by atoms with van der Waals surface area (Å²) >= 11 is 0. The predicted molar refractivity (Wildman–Crippen MR) is 133 cm³/mol. The van der Waals surface area contributed by atoms with Crippen molar-refractivity contribution < 1.29 is 33.0 Å². The first kappa shape index (κ1) is 27.2. The van der Waals surface area contributed by atoms with E-state index in [1.54, 1.807) is 19.1 Å². The van der Waals surface area contributed by atoms with E-state index in [2.05, 4.69) is 5.32 Å². The Morgan fingerprint density at radius 2 is 1.75 bits per heavy atom. The number of rotatable bonds is 6. The molecule has 1 saturated carbocycles. The maximum atomic E-state index is 13.1. The predicted octanol–water partition coefficient (Wildman–Crippen LogP) is 4.36. The lowest BCUT2D eigenvalue weighted by Crippen LogP contribution is -2.36. The third-order valence-corrected chi connectivity index (χ3v) is 6.36. The Kier molecular flexibility index (Phi) is 8.43. The second-order valence-electron chi connectivity index (χ2n) is 10.4. The summed E-state index contributed by atoms with van der Waals surface area (Å²) in [5.41, 5.74) is 0.592. The highest BCUT2D eigenvalue weighted by Crippen LogP contribution is 2.34. The van der Waals surface area contributed by atoms with Gasteiger partial charge in [-0.1, -0.05) is 0 Å². The molecule has 9 nitrogen and oxygen atoms in total. The maximum Gasteiger partial charge on any atom is 0.407 e. The largest absolute Gasteiger partial charge is 0.469 e. The Morgan fingerprint density at radius 3 is 2.36 bits per heavy atom. The highest BCUT2D eigenvalue weighted by Gasteiger charge is 2.29. The number of benzene rings is 1. The molecule has 36 heavy (non-hydrogen) atoms. The molecule has 0 aliphatic heterocycles. The molecule has 2 aromatic rings. The van der Waals surface area contributed by atoms with Crippen LogP contribution in [0.3, 0.4) is 0 Å². The lowest BCUT2D eigenvalue weighted by atomic mass is 9.82. The Bertz CT molecular complexity index is 1200. The van der Waals surface area contributed by atoms with Gasteiger partial charge in [0.25, 0.3) is 0 Å². The summed E-state index contributed by atoms with van der Waals surface area (Å²) in [5, 5.41) is 3.30. The lowest BCUT2D eigenvalue weighted by Gasteiger charge is -2.28. The molecular formula is C27H35NO8. The lowest BCUT2D eigenvalue weighted by molar-refractivity contribution is -0.141. The molecule has 1 aromatic heterocycles. The van der Waals surface area contributed by atoms with Gasteiger partial charge >= 0.3 is 23.7 Å². The highest BCUT2D eigenvalue weighted by atomic mass is 16.6. The van der Waals surface area contributed by atoms with E-state index >= 15 is 0 Å². The van der Waals surface area contributed by atoms with Gasteiger partial charge in [0.15, 0.2) is 0 Å². The van der Waals surface area contributed by atoms with Crippen LogP contribution in [0.25, 0.3) is 11.0 Å². The van der Waals surface area contributed by atoms with Crippen molar-refractivity contribution in [2.45, 2.75) is 72.3 Å². The first-order valence-corrected chi connectivity index (χ1v) is 12.2. The van der Waals surface area contributed by atoms with Crippen LogP contribution in [0.2, 0.25) is 0 Å². The van der Waals surface area contributed by atoms with Crippen LogP contribution in [-0.2, 0) is 25.5 Å². The van der Waals surface area contributed by atoms with E-state index in [-0.39, 0.29) is 29.8 Å². The summed E-state index contributed by atoms with van der Waals surface area (Å²) in [6.45, 7) is 9.47. The van der Waals surface area contributed by atoms with Crippen LogP contribution >= 0.6 is 0 Å². The molecule has 1 aliphatic rings. The molecule has 1 N–H and O–H groups in total.